The van der Waals surface area contributed by atoms with E-state index in [1.807, 2.05) is 0 Å². The lowest BCUT2D eigenvalue weighted by Gasteiger charge is -2.57. The van der Waals surface area contributed by atoms with Crippen molar-refractivity contribution >= 4 is 35.2 Å². The minimum atomic E-state index is -1.05. The first-order valence-corrected chi connectivity index (χ1v) is 16.5. The van der Waals surface area contributed by atoms with Crippen LogP contribution < -0.4 is 5.32 Å². The summed E-state index contributed by atoms with van der Waals surface area (Å²) in [5.41, 5.74) is 0.805. The van der Waals surface area contributed by atoms with Crippen molar-refractivity contribution in [2.45, 2.75) is 76.7 Å². The monoisotopic (exact) mass is 627 g/mol. The fourth-order valence-electron chi connectivity index (χ4n) is 9.65. The molecule has 1 aliphatic heterocycles. The number of phenolic OH excluding ortho intramolecular Hbond substituents is 1. The summed E-state index contributed by atoms with van der Waals surface area (Å²) in [7, 11) is 1.26. The smallest absolute Gasteiger partial charge is 0.328 e. The number of methoxy groups -OCH3 is 1. The maximum Gasteiger partial charge on any atom is 0.328 e. The van der Waals surface area contributed by atoms with Crippen molar-refractivity contribution < 1.29 is 44.0 Å². The van der Waals surface area contributed by atoms with Crippen LogP contribution >= 0.6 is 11.8 Å². The van der Waals surface area contributed by atoms with Gasteiger partial charge in [0, 0.05) is 24.2 Å². The van der Waals surface area contributed by atoms with E-state index in [4.69, 9.17) is 9.47 Å². The molecular formula is C33H41NO9S. The number of amides is 1. The van der Waals surface area contributed by atoms with E-state index in [0.717, 1.165) is 24.0 Å². The number of ketones is 2. The van der Waals surface area contributed by atoms with Gasteiger partial charge in [-0.2, -0.15) is 0 Å². The number of esters is 1. The van der Waals surface area contributed by atoms with Gasteiger partial charge in [0.1, 0.15) is 18.4 Å². The molecule has 4 fully saturated rings. The number of phenols is 1. The van der Waals surface area contributed by atoms with Crippen molar-refractivity contribution in [2.75, 3.05) is 19.5 Å². The molecule has 6 rings (SSSR count). The maximum atomic E-state index is 13.3. The lowest BCUT2D eigenvalue weighted by atomic mass is 9.46. The van der Waals surface area contributed by atoms with Gasteiger partial charge in [-0.25, -0.2) is 4.79 Å². The number of benzene rings is 1. The van der Waals surface area contributed by atoms with Crippen LogP contribution in [-0.2, 0) is 35.1 Å². The number of aliphatic hydroxyl groups excluding tert-OH is 2. The summed E-state index contributed by atoms with van der Waals surface area (Å²) in [6.45, 7) is 1.67. The summed E-state index contributed by atoms with van der Waals surface area (Å²) >= 11 is 1.22. The highest BCUT2D eigenvalue weighted by molar-refractivity contribution is 8.04. The summed E-state index contributed by atoms with van der Waals surface area (Å²) in [6.07, 6.45) is 3.48. The van der Waals surface area contributed by atoms with E-state index in [1.54, 1.807) is 12.1 Å². The molecular weight excluding hydrogens is 586 g/mol. The van der Waals surface area contributed by atoms with Crippen LogP contribution in [0.25, 0.3) is 0 Å². The largest absolute Gasteiger partial charge is 0.508 e. The first-order chi connectivity index (χ1) is 21.0. The molecule has 1 aromatic carbocycles. The average Bonchev–Trinajstić information content (AvgIpc) is 3.54. The number of aromatic hydroxyl groups is 1. The number of carbonyl (C=O) groups excluding carboxylic acids is 4. The minimum absolute atomic E-state index is 0.0225. The fraction of sp³-hybridized carbons (Fsp3) is 0.636. The third-order valence-corrected chi connectivity index (χ3v) is 12.6. The molecule has 9 atom stereocenters. The number of carbonyl (C=O) groups is 4. The van der Waals surface area contributed by atoms with E-state index in [0.29, 0.717) is 37.0 Å². The Balaban J connectivity index is 1.20. The number of nitrogens with one attached hydrogen (secondary N) is 1. The molecule has 4 N–H and O–H groups in total. The standard InChI is InChI=1S/C33H41NO9S/c1-32-12-11-24(37)29(44-16-27(39)34-23(30(40)42-2)13-17-3-5-18(36)6-4-17)22(32)8-7-19-20-9-10-21(25(38)15-35)33(20)14-26(28(19)32)43-31(33)41/h3-6,19-21,23,26,28,31,35-36,41H,7-16H2,1-2H3,(H,34,39)/t19-,20-,21+,23?,26-,28+,31?,32-,33+/m0/s1. The van der Waals surface area contributed by atoms with Gasteiger partial charge in [-0.1, -0.05) is 19.1 Å². The third-order valence-electron chi connectivity index (χ3n) is 11.4. The van der Waals surface area contributed by atoms with E-state index in [-0.39, 0.29) is 64.7 Å². The van der Waals surface area contributed by atoms with Crippen LogP contribution in [0.15, 0.2) is 34.7 Å². The number of thioether (sulfide) groups is 1. The Labute approximate surface area is 260 Å². The second-order valence-electron chi connectivity index (χ2n) is 13.4. The highest BCUT2D eigenvalue weighted by Gasteiger charge is 2.71. The van der Waals surface area contributed by atoms with Gasteiger partial charge in [0.05, 0.1) is 23.9 Å². The second-order valence-corrected chi connectivity index (χ2v) is 14.4. The first kappa shape index (κ1) is 31.3. The zero-order valence-corrected chi connectivity index (χ0v) is 25.9. The van der Waals surface area contributed by atoms with Gasteiger partial charge in [-0.15, -0.1) is 11.8 Å². The van der Waals surface area contributed by atoms with Crippen molar-refractivity contribution in [1.29, 1.82) is 0 Å². The predicted octanol–water partition coefficient (Wildman–Crippen LogP) is 2.67. The van der Waals surface area contributed by atoms with Gasteiger partial charge in [0.2, 0.25) is 5.91 Å². The summed E-state index contributed by atoms with van der Waals surface area (Å²) in [6, 6.07) is 5.46. The quantitative estimate of drug-likeness (QED) is 0.300. The van der Waals surface area contributed by atoms with Crippen molar-refractivity contribution in [3.63, 3.8) is 0 Å². The van der Waals surface area contributed by atoms with Gasteiger partial charge in [0.15, 0.2) is 17.9 Å². The number of ether oxygens (including phenoxy) is 2. The topological polar surface area (TPSA) is 159 Å². The molecule has 1 aromatic rings. The fourth-order valence-corrected chi connectivity index (χ4v) is 10.8. The van der Waals surface area contributed by atoms with Crippen LogP contribution in [0.1, 0.15) is 57.4 Å². The summed E-state index contributed by atoms with van der Waals surface area (Å²) in [4.78, 5) is 52.2. The molecule has 3 saturated carbocycles. The minimum Gasteiger partial charge on any atom is -0.508 e. The summed E-state index contributed by atoms with van der Waals surface area (Å²) < 4.78 is 11.2. The van der Waals surface area contributed by atoms with Crippen LogP contribution in [0.4, 0.5) is 0 Å². The highest BCUT2D eigenvalue weighted by Crippen LogP contribution is 2.71. The molecule has 10 nitrogen and oxygen atoms in total. The van der Waals surface area contributed by atoms with E-state index < -0.39 is 36.2 Å². The van der Waals surface area contributed by atoms with E-state index in [9.17, 15) is 34.5 Å². The molecule has 1 spiro atoms. The Morgan fingerprint density at radius 3 is 2.61 bits per heavy atom. The molecule has 1 saturated heterocycles. The Bertz CT molecular complexity index is 1380. The molecule has 1 heterocycles. The molecule has 4 aliphatic carbocycles. The SMILES string of the molecule is COC(=O)C(Cc1ccc(O)cc1)NC(=O)CSC1=C2CC[C@@H]3[C@H]([C@@H]4C[C@]5(C(O)O4)[C@@H](C(=O)CO)CC[C@@H]35)[C@@]2(C)CCC1=O. The predicted molar refractivity (Wildman–Crippen MR) is 160 cm³/mol. The number of hydrogen-bond donors (Lipinski definition) is 4. The molecule has 44 heavy (non-hydrogen) atoms. The summed E-state index contributed by atoms with van der Waals surface area (Å²) in [5.74, 6) is -1.07. The van der Waals surface area contributed by atoms with Crippen molar-refractivity contribution in [2.24, 2.45) is 34.5 Å². The summed E-state index contributed by atoms with van der Waals surface area (Å²) in [5, 5.41) is 33.2. The van der Waals surface area contributed by atoms with Crippen LogP contribution in [0, 0.1) is 34.5 Å². The lowest BCUT2D eigenvalue weighted by molar-refractivity contribution is -0.160. The van der Waals surface area contributed by atoms with Crippen molar-refractivity contribution in [3.05, 3.63) is 40.3 Å². The average molecular weight is 628 g/mol. The zero-order valence-electron chi connectivity index (χ0n) is 25.1. The van der Waals surface area contributed by atoms with Crippen molar-refractivity contribution in [3.8, 4) is 5.75 Å². The molecule has 0 aromatic heterocycles. The zero-order chi connectivity index (χ0) is 31.4. The van der Waals surface area contributed by atoms with Crippen LogP contribution in [0.5, 0.6) is 5.75 Å². The molecule has 1 amide bonds. The first-order valence-electron chi connectivity index (χ1n) is 15.5. The number of allylic oxidation sites excluding steroid dienone is 1. The van der Waals surface area contributed by atoms with Gasteiger partial charge in [0.25, 0.3) is 0 Å². The van der Waals surface area contributed by atoms with Gasteiger partial charge in [-0.05, 0) is 85.0 Å². The third kappa shape index (κ3) is 5.00. The molecule has 238 valence electrons. The molecule has 2 bridgehead atoms. The van der Waals surface area contributed by atoms with E-state index in [1.165, 1.54) is 31.0 Å². The van der Waals surface area contributed by atoms with Gasteiger partial charge >= 0.3 is 5.97 Å². The number of aliphatic hydroxyl groups is 2. The maximum absolute atomic E-state index is 13.3. The number of fused-ring (bicyclic) bond motifs is 6. The lowest BCUT2D eigenvalue weighted by Crippen LogP contribution is -2.56. The van der Waals surface area contributed by atoms with E-state index >= 15 is 0 Å². The van der Waals surface area contributed by atoms with Crippen LogP contribution in [-0.4, -0.2) is 76.7 Å². The van der Waals surface area contributed by atoms with Gasteiger partial charge in [-0.3, -0.25) is 14.4 Å². The Kier molecular flexibility index (Phi) is 8.45. The van der Waals surface area contributed by atoms with Crippen molar-refractivity contribution in [1.82, 2.24) is 5.32 Å². The number of hydrogen-bond acceptors (Lipinski definition) is 10. The molecule has 5 aliphatic rings. The van der Waals surface area contributed by atoms with Crippen LogP contribution in [0.2, 0.25) is 0 Å². The number of rotatable bonds is 9. The normalized spacial score (nSPS) is 36.2. The second kappa shape index (κ2) is 11.9. The molecule has 11 heteroatoms. The molecule has 2 unspecified atom stereocenters. The Morgan fingerprint density at radius 2 is 1.91 bits per heavy atom. The van der Waals surface area contributed by atoms with E-state index in [2.05, 4.69) is 12.2 Å². The number of Topliss-reactive ketones (excluding diaryl/α,β-unsaturated/α-hetero) is 2. The highest BCUT2D eigenvalue weighted by atomic mass is 32.2. The van der Waals surface area contributed by atoms with Crippen LogP contribution in [0.3, 0.4) is 0 Å². The molecule has 0 radical (unpaired) electrons. The Hall–Kier alpha value is -2.73. The Morgan fingerprint density at radius 1 is 1.16 bits per heavy atom. The van der Waals surface area contributed by atoms with Gasteiger partial charge < -0.3 is 30.1 Å².